The Morgan fingerprint density at radius 1 is 0.960 bits per heavy atom. The molecule has 0 atom stereocenters. The third-order valence-corrected chi connectivity index (χ3v) is 7.40. The minimum Gasteiger partial charge on any atom is -0.215 e. The topological polar surface area (TPSA) is 92.3 Å². The van der Waals surface area contributed by atoms with E-state index < -0.39 is 36.4 Å². The molecule has 0 fully saturated rings. The molecular weight excluding hydrogens is 367 g/mol. The van der Waals surface area contributed by atoms with Crippen molar-refractivity contribution in [2.24, 2.45) is 0 Å². The van der Waals surface area contributed by atoms with Crippen LogP contribution in [0.4, 0.5) is 4.39 Å². The predicted molar refractivity (Wildman–Crippen MR) is 97.7 cm³/mol. The number of benzene rings is 1. The van der Waals surface area contributed by atoms with Gasteiger partial charge in [0.15, 0.2) is 0 Å². The molecule has 0 saturated heterocycles. The largest absolute Gasteiger partial charge is 0.215 e. The second kappa shape index (κ2) is 9.07. The van der Waals surface area contributed by atoms with Crippen molar-refractivity contribution < 1.29 is 21.2 Å². The third-order valence-electron chi connectivity index (χ3n) is 3.77. The van der Waals surface area contributed by atoms with Crippen LogP contribution in [0, 0.1) is 5.82 Å². The van der Waals surface area contributed by atoms with Crippen LogP contribution >= 0.6 is 0 Å². The van der Waals surface area contributed by atoms with Gasteiger partial charge in [0.2, 0.25) is 20.0 Å². The van der Waals surface area contributed by atoms with Crippen molar-refractivity contribution in [1.82, 2.24) is 9.44 Å². The summed E-state index contributed by atoms with van der Waals surface area (Å²) in [6.07, 6.45) is 1.07. The third kappa shape index (κ3) is 7.01. The van der Waals surface area contributed by atoms with Crippen molar-refractivity contribution >= 4 is 20.0 Å². The molecule has 0 aliphatic carbocycles. The minimum atomic E-state index is -3.44. The first kappa shape index (κ1) is 22.0. The first-order chi connectivity index (χ1) is 11.5. The predicted octanol–water partition coefficient (Wildman–Crippen LogP) is 1.91. The van der Waals surface area contributed by atoms with E-state index in [9.17, 15) is 21.2 Å². The number of nitrogens with one attached hydrogen (secondary N) is 2. The van der Waals surface area contributed by atoms with Crippen LogP contribution in [0.5, 0.6) is 0 Å². The van der Waals surface area contributed by atoms with E-state index in [0.717, 1.165) is 5.56 Å². The van der Waals surface area contributed by atoms with Crippen LogP contribution in [0.25, 0.3) is 0 Å². The molecule has 9 heteroatoms. The Hall–Kier alpha value is -1.03. The second-order valence-corrected chi connectivity index (χ2v) is 11.1. The number of rotatable bonds is 10. The highest BCUT2D eigenvalue weighted by molar-refractivity contribution is 7.90. The summed E-state index contributed by atoms with van der Waals surface area (Å²) >= 11 is 0. The van der Waals surface area contributed by atoms with Gasteiger partial charge in [-0.1, -0.05) is 12.1 Å². The summed E-state index contributed by atoms with van der Waals surface area (Å²) in [6, 6.07) is 4.63. The summed E-state index contributed by atoms with van der Waals surface area (Å²) in [5.74, 6) is -0.480. The van der Waals surface area contributed by atoms with Crippen LogP contribution in [0.3, 0.4) is 0 Å². The fourth-order valence-corrected chi connectivity index (χ4v) is 3.36. The lowest BCUT2D eigenvalue weighted by atomic mass is 10.1. The van der Waals surface area contributed by atoms with E-state index in [4.69, 9.17) is 0 Å². The first-order valence-corrected chi connectivity index (χ1v) is 11.3. The highest BCUT2D eigenvalue weighted by atomic mass is 32.2. The highest BCUT2D eigenvalue weighted by Crippen LogP contribution is 2.13. The van der Waals surface area contributed by atoms with Crippen LogP contribution < -0.4 is 9.44 Å². The van der Waals surface area contributed by atoms with Crippen molar-refractivity contribution in [3.8, 4) is 0 Å². The Bertz CT molecular complexity index is 775. The Morgan fingerprint density at radius 3 is 2.04 bits per heavy atom. The number of hydrogen-bond donors (Lipinski definition) is 2. The smallest absolute Gasteiger partial charge is 0.214 e. The van der Waals surface area contributed by atoms with E-state index in [0.29, 0.717) is 12.8 Å². The van der Waals surface area contributed by atoms with Crippen LogP contribution in [-0.2, 0) is 33.0 Å². The molecule has 144 valence electrons. The first-order valence-electron chi connectivity index (χ1n) is 8.20. The number of sulfonamides is 2. The van der Waals surface area contributed by atoms with Gasteiger partial charge in [0.25, 0.3) is 0 Å². The molecule has 0 heterocycles. The number of halogens is 1. The maximum absolute atomic E-state index is 14.1. The lowest BCUT2D eigenvalue weighted by Crippen LogP contribution is -2.31. The summed E-state index contributed by atoms with van der Waals surface area (Å²) < 4.78 is 65.6. The van der Waals surface area contributed by atoms with Gasteiger partial charge < -0.3 is 0 Å². The van der Waals surface area contributed by atoms with Crippen LogP contribution in [-0.4, -0.2) is 33.9 Å². The second-order valence-electron chi connectivity index (χ2n) is 6.43. The standard InChI is InChI=1S/C16H27FN2O4S2/c1-12(2)24(20,21)18-9-5-6-14-7-8-15(16(17)10-14)11-19-25(22,23)13(3)4/h7-8,10,12-13,18-19H,5-6,9,11H2,1-4H3. The Kier molecular flexibility index (Phi) is 7.98. The summed E-state index contributed by atoms with van der Waals surface area (Å²) in [7, 11) is -6.73. The summed E-state index contributed by atoms with van der Waals surface area (Å²) in [5, 5.41) is -1.07. The Balaban J connectivity index is 2.56. The van der Waals surface area contributed by atoms with Crippen molar-refractivity contribution in [3.05, 3.63) is 35.1 Å². The van der Waals surface area contributed by atoms with Crippen LogP contribution in [0.2, 0.25) is 0 Å². The molecule has 0 bridgehead atoms. The zero-order valence-electron chi connectivity index (χ0n) is 15.0. The van der Waals surface area contributed by atoms with Crippen molar-refractivity contribution in [2.45, 2.75) is 57.6 Å². The lowest BCUT2D eigenvalue weighted by molar-refractivity contribution is 0.564. The number of hydrogen-bond acceptors (Lipinski definition) is 4. The number of aryl methyl sites for hydroxylation is 1. The molecule has 0 amide bonds. The molecule has 25 heavy (non-hydrogen) atoms. The molecule has 0 saturated carbocycles. The van der Waals surface area contributed by atoms with E-state index in [1.54, 1.807) is 39.8 Å². The van der Waals surface area contributed by atoms with Gasteiger partial charge in [-0.05, 0) is 52.2 Å². The molecular formula is C16H27FN2O4S2. The highest BCUT2D eigenvalue weighted by Gasteiger charge is 2.16. The normalized spacial score (nSPS) is 12.9. The van der Waals surface area contributed by atoms with Crippen molar-refractivity contribution in [2.75, 3.05) is 6.54 Å². The van der Waals surface area contributed by atoms with Crippen LogP contribution in [0.1, 0.15) is 45.2 Å². The minimum absolute atomic E-state index is 0.0964. The summed E-state index contributed by atoms with van der Waals surface area (Å²) in [5.41, 5.74) is 1.00. The average molecular weight is 395 g/mol. The molecule has 0 aliphatic rings. The fourth-order valence-electron chi connectivity index (χ4n) is 1.91. The van der Waals surface area contributed by atoms with Gasteiger partial charge in [0.05, 0.1) is 10.5 Å². The van der Waals surface area contributed by atoms with Crippen molar-refractivity contribution in [1.29, 1.82) is 0 Å². The average Bonchev–Trinajstić information content (AvgIpc) is 2.50. The van der Waals surface area contributed by atoms with E-state index in [2.05, 4.69) is 9.44 Å². The molecule has 0 unspecified atom stereocenters. The molecule has 0 radical (unpaired) electrons. The van der Waals surface area contributed by atoms with Gasteiger partial charge in [-0.2, -0.15) is 0 Å². The zero-order valence-corrected chi connectivity index (χ0v) is 16.7. The van der Waals surface area contributed by atoms with E-state index in [-0.39, 0.29) is 18.7 Å². The summed E-state index contributed by atoms with van der Waals surface area (Å²) in [6.45, 7) is 6.50. The molecule has 1 aromatic carbocycles. The molecule has 1 rings (SSSR count). The van der Waals surface area contributed by atoms with Crippen molar-refractivity contribution in [3.63, 3.8) is 0 Å². The molecule has 2 N–H and O–H groups in total. The molecule has 0 spiro atoms. The lowest BCUT2D eigenvalue weighted by Gasteiger charge is -2.11. The Morgan fingerprint density at radius 2 is 1.52 bits per heavy atom. The van der Waals surface area contributed by atoms with Gasteiger partial charge in [0.1, 0.15) is 5.82 Å². The van der Waals surface area contributed by atoms with E-state index in [1.807, 2.05) is 0 Å². The summed E-state index contributed by atoms with van der Waals surface area (Å²) in [4.78, 5) is 0. The van der Waals surface area contributed by atoms with Gasteiger partial charge in [-0.25, -0.2) is 30.7 Å². The molecule has 6 nitrogen and oxygen atoms in total. The molecule has 1 aromatic rings. The molecule has 0 aromatic heterocycles. The monoisotopic (exact) mass is 394 g/mol. The maximum Gasteiger partial charge on any atom is 0.214 e. The van der Waals surface area contributed by atoms with E-state index >= 15 is 0 Å². The van der Waals surface area contributed by atoms with Gasteiger partial charge in [-0.15, -0.1) is 0 Å². The van der Waals surface area contributed by atoms with E-state index in [1.165, 1.54) is 6.07 Å². The SMILES string of the molecule is CC(C)S(=O)(=O)NCCCc1ccc(CNS(=O)(=O)C(C)C)c(F)c1. The van der Waals surface area contributed by atoms with Gasteiger partial charge >= 0.3 is 0 Å². The maximum atomic E-state index is 14.1. The Labute approximate surface area is 150 Å². The quantitative estimate of drug-likeness (QED) is 0.593. The van der Waals surface area contributed by atoms with Gasteiger partial charge in [-0.3, -0.25) is 0 Å². The zero-order chi connectivity index (χ0) is 19.3. The van der Waals surface area contributed by atoms with Crippen LogP contribution in [0.15, 0.2) is 18.2 Å². The fraction of sp³-hybridized carbons (Fsp3) is 0.625. The van der Waals surface area contributed by atoms with Gasteiger partial charge in [0, 0.05) is 18.7 Å². The molecule has 0 aliphatic heterocycles.